The fourth-order valence-corrected chi connectivity index (χ4v) is 4.55. The van der Waals surface area contributed by atoms with Gasteiger partial charge in [-0.05, 0) is 43.5 Å². The summed E-state index contributed by atoms with van der Waals surface area (Å²) in [6, 6.07) is 12.7. The minimum atomic E-state index is -1.16. The standard InChI is InChI=1S/C22H27N5O3/c1-3-22(16-9-5-4-6-10-16)20(29)27(21(30)23-22)24-19(28)15-26-14-8-12-18(26)17-11-7-13-25(17)2/h4-7,9-11,13,18H,3,8,12,14-15H2,1-2H3,(H,23,30)(H,24,28)/t18-,22-/m0/s1. The van der Waals surface area contributed by atoms with E-state index in [0.29, 0.717) is 12.0 Å². The van der Waals surface area contributed by atoms with Gasteiger partial charge >= 0.3 is 6.03 Å². The zero-order chi connectivity index (χ0) is 21.3. The van der Waals surface area contributed by atoms with Crippen molar-refractivity contribution < 1.29 is 14.4 Å². The molecule has 0 saturated carbocycles. The first-order chi connectivity index (χ1) is 14.5. The number of aryl methyl sites for hydroxylation is 1. The third-order valence-electron chi connectivity index (χ3n) is 6.16. The van der Waals surface area contributed by atoms with Crippen molar-refractivity contribution in [2.24, 2.45) is 7.05 Å². The molecule has 2 saturated heterocycles. The first-order valence-corrected chi connectivity index (χ1v) is 10.3. The summed E-state index contributed by atoms with van der Waals surface area (Å²) in [6.45, 7) is 2.76. The van der Waals surface area contributed by atoms with E-state index >= 15 is 0 Å². The van der Waals surface area contributed by atoms with Gasteiger partial charge < -0.3 is 9.88 Å². The van der Waals surface area contributed by atoms with E-state index in [-0.39, 0.29) is 18.5 Å². The maximum Gasteiger partial charge on any atom is 0.344 e. The second-order valence-corrected chi connectivity index (χ2v) is 7.90. The van der Waals surface area contributed by atoms with Crippen molar-refractivity contribution in [3.05, 3.63) is 59.9 Å². The topological polar surface area (TPSA) is 86.7 Å². The summed E-state index contributed by atoms with van der Waals surface area (Å²) in [6.07, 6.45) is 4.35. The van der Waals surface area contributed by atoms with Crippen molar-refractivity contribution in [2.45, 2.75) is 37.8 Å². The zero-order valence-electron chi connectivity index (χ0n) is 17.3. The van der Waals surface area contributed by atoms with Crippen LogP contribution in [-0.2, 0) is 22.2 Å². The van der Waals surface area contributed by atoms with Crippen molar-refractivity contribution >= 4 is 17.8 Å². The molecule has 4 rings (SSSR count). The van der Waals surface area contributed by atoms with E-state index < -0.39 is 17.5 Å². The maximum absolute atomic E-state index is 13.1. The van der Waals surface area contributed by atoms with Crippen LogP contribution in [0.25, 0.3) is 0 Å². The highest BCUT2D eigenvalue weighted by Gasteiger charge is 2.52. The number of amides is 4. The lowest BCUT2D eigenvalue weighted by Gasteiger charge is -2.27. The van der Waals surface area contributed by atoms with Crippen LogP contribution in [0.4, 0.5) is 4.79 Å². The molecule has 0 bridgehead atoms. The Morgan fingerprint density at radius 1 is 1.20 bits per heavy atom. The van der Waals surface area contributed by atoms with Gasteiger partial charge in [0.25, 0.3) is 11.8 Å². The summed E-state index contributed by atoms with van der Waals surface area (Å²) >= 11 is 0. The number of hydrogen-bond acceptors (Lipinski definition) is 4. The van der Waals surface area contributed by atoms with Crippen LogP contribution in [0.15, 0.2) is 48.7 Å². The third kappa shape index (κ3) is 3.37. The van der Waals surface area contributed by atoms with Gasteiger partial charge in [-0.25, -0.2) is 4.79 Å². The molecule has 1 aromatic carbocycles. The fraction of sp³-hybridized carbons (Fsp3) is 0.409. The summed E-state index contributed by atoms with van der Waals surface area (Å²) in [5, 5.41) is 3.60. The number of nitrogens with one attached hydrogen (secondary N) is 2. The fourth-order valence-electron chi connectivity index (χ4n) is 4.55. The molecular formula is C22H27N5O3. The predicted molar refractivity (Wildman–Crippen MR) is 111 cm³/mol. The molecule has 2 aliphatic heterocycles. The van der Waals surface area contributed by atoms with Crippen LogP contribution in [0.2, 0.25) is 0 Å². The van der Waals surface area contributed by atoms with Gasteiger partial charge in [-0.3, -0.25) is 19.9 Å². The van der Waals surface area contributed by atoms with E-state index in [1.807, 2.05) is 56.6 Å². The minimum absolute atomic E-state index is 0.122. The van der Waals surface area contributed by atoms with Gasteiger partial charge in [0.15, 0.2) is 0 Å². The van der Waals surface area contributed by atoms with Crippen LogP contribution < -0.4 is 10.7 Å². The smallest absolute Gasteiger partial charge is 0.344 e. The van der Waals surface area contributed by atoms with Crippen molar-refractivity contribution in [3.63, 3.8) is 0 Å². The quantitative estimate of drug-likeness (QED) is 0.715. The average molecular weight is 409 g/mol. The number of carbonyl (C=O) groups is 3. The SMILES string of the molecule is CC[C@@]1(c2ccccc2)NC(=O)N(NC(=O)CN2CCC[C@H]2c2cccn2C)C1=O. The lowest BCUT2D eigenvalue weighted by Crippen LogP contribution is -2.51. The Bertz CT molecular complexity index is 957. The molecule has 2 aliphatic rings. The number of carbonyl (C=O) groups excluding carboxylic acids is 3. The van der Waals surface area contributed by atoms with Crippen LogP contribution in [0.3, 0.4) is 0 Å². The Labute approximate surface area is 175 Å². The highest BCUT2D eigenvalue weighted by atomic mass is 16.2. The molecule has 8 nitrogen and oxygen atoms in total. The molecule has 3 heterocycles. The molecule has 0 aliphatic carbocycles. The Morgan fingerprint density at radius 3 is 2.63 bits per heavy atom. The Kier molecular flexibility index (Phi) is 5.34. The summed E-state index contributed by atoms with van der Waals surface area (Å²) < 4.78 is 2.06. The van der Waals surface area contributed by atoms with Gasteiger partial charge in [0.05, 0.1) is 12.6 Å². The molecule has 0 radical (unpaired) electrons. The van der Waals surface area contributed by atoms with Gasteiger partial charge in [-0.15, -0.1) is 0 Å². The lowest BCUT2D eigenvalue weighted by molar-refractivity contribution is -0.140. The number of rotatable bonds is 6. The van der Waals surface area contributed by atoms with Crippen molar-refractivity contribution in [2.75, 3.05) is 13.1 Å². The predicted octanol–water partition coefficient (Wildman–Crippen LogP) is 2.05. The van der Waals surface area contributed by atoms with Gasteiger partial charge in [-0.2, -0.15) is 5.01 Å². The van der Waals surface area contributed by atoms with E-state index in [2.05, 4.69) is 26.3 Å². The number of hydrazine groups is 1. The van der Waals surface area contributed by atoms with Crippen LogP contribution in [0.1, 0.15) is 43.5 Å². The summed E-state index contributed by atoms with van der Waals surface area (Å²) in [5.41, 5.74) is 3.22. The molecule has 2 fully saturated rings. The number of nitrogens with zero attached hydrogens (tertiary/aromatic N) is 3. The average Bonchev–Trinajstić information content (AvgIpc) is 3.43. The Hall–Kier alpha value is -3.13. The summed E-state index contributed by atoms with van der Waals surface area (Å²) in [5.74, 6) is -0.838. The second kappa shape index (κ2) is 7.95. The first kappa shape index (κ1) is 20.2. The first-order valence-electron chi connectivity index (χ1n) is 10.3. The molecule has 30 heavy (non-hydrogen) atoms. The zero-order valence-corrected chi connectivity index (χ0v) is 17.3. The summed E-state index contributed by atoms with van der Waals surface area (Å²) in [7, 11) is 1.99. The molecule has 2 aromatic rings. The monoisotopic (exact) mass is 409 g/mol. The van der Waals surface area contributed by atoms with Crippen molar-refractivity contribution in [3.8, 4) is 0 Å². The van der Waals surface area contributed by atoms with E-state index in [1.165, 1.54) is 0 Å². The number of imide groups is 1. The molecule has 0 unspecified atom stereocenters. The van der Waals surface area contributed by atoms with E-state index in [0.717, 1.165) is 30.1 Å². The molecule has 2 N–H and O–H groups in total. The maximum atomic E-state index is 13.1. The number of benzene rings is 1. The second-order valence-electron chi connectivity index (χ2n) is 7.90. The number of likely N-dealkylation sites (tertiary alicyclic amines) is 1. The van der Waals surface area contributed by atoms with Gasteiger partial charge in [-0.1, -0.05) is 37.3 Å². The minimum Gasteiger partial charge on any atom is -0.353 e. The van der Waals surface area contributed by atoms with Gasteiger partial charge in [0, 0.05) is 18.9 Å². The highest BCUT2D eigenvalue weighted by molar-refractivity contribution is 6.08. The van der Waals surface area contributed by atoms with E-state index in [4.69, 9.17) is 0 Å². The molecular weight excluding hydrogens is 382 g/mol. The van der Waals surface area contributed by atoms with Crippen LogP contribution in [0, 0.1) is 0 Å². The van der Waals surface area contributed by atoms with Crippen LogP contribution >= 0.6 is 0 Å². The van der Waals surface area contributed by atoms with Crippen molar-refractivity contribution in [1.82, 2.24) is 25.2 Å². The number of hydrogen-bond donors (Lipinski definition) is 2. The molecule has 2 atom stereocenters. The lowest BCUT2D eigenvalue weighted by atomic mass is 9.87. The molecule has 8 heteroatoms. The molecule has 4 amide bonds. The Balaban J connectivity index is 1.46. The summed E-state index contributed by atoms with van der Waals surface area (Å²) in [4.78, 5) is 40.6. The van der Waals surface area contributed by atoms with E-state index in [9.17, 15) is 14.4 Å². The normalized spacial score (nSPS) is 24.3. The number of urea groups is 1. The highest BCUT2D eigenvalue weighted by Crippen LogP contribution is 2.33. The largest absolute Gasteiger partial charge is 0.353 e. The van der Waals surface area contributed by atoms with Gasteiger partial charge in [0.2, 0.25) is 0 Å². The van der Waals surface area contributed by atoms with Crippen LogP contribution in [0.5, 0.6) is 0 Å². The Morgan fingerprint density at radius 2 is 1.97 bits per heavy atom. The van der Waals surface area contributed by atoms with Crippen molar-refractivity contribution in [1.29, 1.82) is 0 Å². The number of aromatic nitrogens is 1. The molecule has 0 spiro atoms. The van der Waals surface area contributed by atoms with Gasteiger partial charge in [0.1, 0.15) is 5.54 Å². The van der Waals surface area contributed by atoms with E-state index in [1.54, 1.807) is 0 Å². The molecule has 1 aromatic heterocycles. The van der Waals surface area contributed by atoms with Crippen LogP contribution in [-0.4, -0.2) is 45.4 Å². The molecule has 158 valence electrons. The third-order valence-corrected chi connectivity index (χ3v) is 6.16.